The van der Waals surface area contributed by atoms with Crippen LogP contribution in [0.4, 0.5) is 0 Å². The van der Waals surface area contributed by atoms with Gasteiger partial charge in [0.2, 0.25) is 0 Å². The number of phenolic OH excluding ortho intramolecular Hbond substituents is 1. The molecular formula is C14H11BrO3. The summed E-state index contributed by atoms with van der Waals surface area (Å²) in [6, 6.07) is 12.0. The molecule has 0 radical (unpaired) electrons. The lowest BCUT2D eigenvalue weighted by Gasteiger charge is -2.07. The summed E-state index contributed by atoms with van der Waals surface area (Å²) in [4.78, 5) is 10.8. The van der Waals surface area contributed by atoms with Gasteiger partial charge in [-0.3, -0.25) is 4.79 Å². The van der Waals surface area contributed by atoms with Gasteiger partial charge >= 0.3 is 0 Å². The van der Waals surface area contributed by atoms with Gasteiger partial charge in [0.15, 0.2) is 6.29 Å². The molecule has 2 aromatic rings. The Morgan fingerprint density at radius 3 is 2.56 bits per heavy atom. The fourth-order valence-electron chi connectivity index (χ4n) is 1.46. The number of ether oxygens (including phenoxy) is 1. The van der Waals surface area contributed by atoms with Gasteiger partial charge in [0, 0.05) is 10.0 Å². The smallest absolute Gasteiger partial charge is 0.151 e. The lowest BCUT2D eigenvalue weighted by molar-refractivity contribution is 0.112. The molecule has 0 atom stereocenters. The Bertz CT molecular complexity index is 549. The van der Waals surface area contributed by atoms with Crippen molar-refractivity contribution >= 4 is 22.2 Å². The summed E-state index contributed by atoms with van der Waals surface area (Å²) in [7, 11) is 0. The van der Waals surface area contributed by atoms with Crippen LogP contribution in [0.25, 0.3) is 0 Å². The molecule has 0 bridgehead atoms. The van der Waals surface area contributed by atoms with Crippen molar-refractivity contribution in [2.75, 3.05) is 0 Å². The minimum absolute atomic E-state index is 0.227. The largest absolute Gasteiger partial charge is 0.508 e. The van der Waals surface area contributed by atoms with E-state index < -0.39 is 0 Å². The summed E-state index contributed by atoms with van der Waals surface area (Å²) >= 11 is 3.28. The van der Waals surface area contributed by atoms with E-state index in [-0.39, 0.29) is 5.75 Å². The molecule has 2 rings (SSSR count). The second kappa shape index (κ2) is 5.69. The zero-order chi connectivity index (χ0) is 13.0. The Labute approximate surface area is 113 Å². The molecule has 0 heterocycles. The van der Waals surface area contributed by atoms with Gasteiger partial charge in [-0.2, -0.15) is 0 Å². The van der Waals surface area contributed by atoms with Crippen LogP contribution in [-0.2, 0) is 6.61 Å². The minimum Gasteiger partial charge on any atom is -0.508 e. The van der Waals surface area contributed by atoms with Crippen LogP contribution in [0.1, 0.15) is 15.9 Å². The number of hydrogen-bond donors (Lipinski definition) is 1. The first-order chi connectivity index (χ1) is 8.69. The van der Waals surface area contributed by atoms with Crippen molar-refractivity contribution in [3.05, 3.63) is 58.1 Å². The van der Waals surface area contributed by atoms with Crippen LogP contribution in [0.2, 0.25) is 0 Å². The molecule has 0 spiro atoms. The quantitative estimate of drug-likeness (QED) is 0.879. The number of aromatic hydroxyl groups is 1. The van der Waals surface area contributed by atoms with Crippen LogP contribution in [0, 0.1) is 0 Å². The summed E-state index contributed by atoms with van der Waals surface area (Å²) in [5.41, 5.74) is 1.50. The van der Waals surface area contributed by atoms with Crippen molar-refractivity contribution in [3.63, 3.8) is 0 Å². The Kier molecular flexibility index (Phi) is 3.99. The number of aldehydes is 1. The number of carbonyl (C=O) groups is 1. The fraction of sp³-hybridized carbons (Fsp3) is 0.0714. The Hall–Kier alpha value is -1.81. The molecule has 18 heavy (non-hydrogen) atoms. The topological polar surface area (TPSA) is 46.5 Å². The number of carbonyl (C=O) groups excluding carboxylic acids is 1. The molecule has 0 aliphatic heterocycles. The average molecular weight is 307 g/mol. The van der Waals surface area contributed by atoms with Crippen LogP contribution >= 0.6 is 15.9 Å². The molecule has 1 N–H and O–H groups in total. The molecule has 3 nitrogen and oxygen atoms in total. The number of phenols is 1. The molecule has 0 aromatic heterocycles. The Morgan fingerprint density at radius 1 is 1.17 bits per heavy atom. The molecular weight excluding hydrogens is 296 g/mol. The number of hydrogen-bond acceptors (Lipinski definition) is 3. The van der Waals surface area contributed by atoms with Crippen molar-refractivity contribution in [2.45, 2.75) is 6.61 Å². The SMILES string of the molecule is O=Cc1cc(OCc2ccc(O)cc2)ccc1Br. The number of halogens is 1. The van der Waals surface area contributed by atoms with Gasteiger partial charge in [-0.15, -0.1) is 0 Å². The normalized spacial score (nSPS) is 10.1. The van der Waals surface area contributed by atoms with Crippen LogP contribution in [0.5, 0.6) is 11.5 Å². The molecule has 0 fully saturated rings. The predicted octanol–water partition coefficient (Wildman–Crippen LogP) is 3.55. The zero-order valence-electron chi connectivity index (χ0n) is 9.47. The Balaban J connectivity index is 2.06. The highest BCUT2D eigenvalue weighted by atomic mass is 79.9. The third-order valence-electron chi connectivity index (χ3n) is 2.44. The van der Waals surface area contributed by atoms with Gasteiger partial charge in [0.1, 0.15) is 18.1 Å². The summed E-state index contributed by atoms with van der Waals surface area (Å²) in [6.07, 6.45) is 0.775. The second-order valence-corrected chi connectivity index (χ2v) is 4.61. The van der Waals surface area contributed by atoms with E-state index >= 15 is 0 Å². The van der Waals surface area contributed by atoms with Crippen molar-refractivity contribution in [2.24, 2.45) is 0 Å². The average Bonchev–Trinajstić information content (AvgIpc) is 2.39. The maximum Gasteiger partial charge on any atom is 0.151 e. The van der Waals surface area contributed by atoms with Crippen LogP contribution < -0.4 is 4.74 Å². The van der Waals surface area contributed by atoms with Gasteiger partial charge < -0.3 is 9.84 Å². The van der Waals surface area contributed by atoms with E-state index in [1.54, 1.807) is 42.5 Å². The monoisotopic (exact) mass is 306 g/mol. The lowest BCUT2D eigenvalue weighted by atomic mass is 10.2. The van der Waals surface area contributed by atoms with Crippen molar-refractivity contribution < 1.29 is 14.6 Å². The summed E-state index contributed by atoms with van der Waals surface area (Å²) in [5, 5.41) is 9.16. The van der Waals surface area contributed by atoms with Crippen LogP contribution in [-0.4, -0.2) is 11.4 Å². The maximum absolute atomic E-state index is 10.8. The van der Waals surface area contributed by atoms with Gasteiger partial charge in [-0.05, 0) is 35.9 Å². The molecule has 0 unspecified atom stereocenters. The molecule has 0 saturated heterocycles. The highest BCUT2D eigenvalue weighted by molar-refractivity contribution is 9.10. The van der Waals surface area contributed by atoms with Gasteiger partial charge in [-0.25, -0.2) is 0 Å². The molecule has 92 valence electrons. The van der Waals surface area contributed by atoms with Crippen molar-refractivity contribution in [1.29, 1.82) is 0 Å². The molecule has 0 aliphatic carbocycles. The molecule has 0 aliphatic rings. The zero-order valence-corrected chi connectivity index (χ0v) is 11.1. The van der Waals surface area contributed by atoms with E-state index in [1.807, 2.05) is 0 Å². The van der Waals surface area contributed by atoms with E-state index in [0.29, 0.717) is 17.9 Å². The first kappa shape index (κ1) is 12.6. The van der Waals surface area contributed by atoms with Gasteiger partial charge in [0.05, 0.1) is 0 Å². The van der Waals surface area contributed by atoms with E-state index in [2.05, 4.69) is 15.9 Å². The number of rotatable bonds is 4. The number of benzene rings is 2. The summed E-state index contributed by atoms with van der Waals surface area (Å²) < 4.78 is 6.31. The highest BCUT2D eigenvalue weighted by Crippen LogP contribution is 2.22. The molecule has 0 saturated carbocycles. The van der Waals surface area contributed by atoms with Crippen molar-refractivity contribution in [3.8, 4) is 11.5 Å². The van der Waals surface area contributed by atoms with Crippen molar-refractivity contribution in [1.82, 2.24) is 0 Å². The third-order valence-corrected chi connectivity index (χ3v) is 3.16. The third kappa shape index (κ3) is 3.11. The minimum atomic E-state index is 0.227. The fourth-order valence-corrected chi connectivity index (χ4v) is 1.80. The second-order valence-electron chi connectivity index (χ2n) is 3.76. The molecule has 0 amide bonds. The van der Waals surface area contributed by atoms with E-state index in [1.165, 1.54) is 0 Å². The predicted molar refractivity (Wildman–Crippen MR) is 72.0 cm³/mol. The molecule has 4 heteroatoms. The van der Waals surface area contributed by atoms with Gasteiger partial charge in [-0.1, -0.05) is 28.1 Å². The Morgan fingerprint density at radius 2 is 1.89 bits per heavy atom. The summed E-state index contributed by atoms with van der Waals surface area (Å²) in [6.45, 7) is 0.389. The van der Waals surface area contributed by atoms with E-state index in [0.717, 1.165) is 16.3 Å². The highest BCUT2D eigenvalue weighted by Gasteiger charge is 2.02. The first-order valence-electron chi connectivity index (χ1n) is 5.34. The standard InChI is InChI=1S/C14H11BrO3/c15-14-6-5-13(7-11(14)8-16)18-9-10-1-3-12(17)4-2-10/h1-8,17H,9H2. The van der Waals surface area contributed by atoms with E-state index in [9.17, 15) is 4.79 Å². The first-order valence-corrected chi connectivity index (χ1v) is 6.14. The van der Waals surface area contributed by atoms with Crippen LogP contribution in [0.3, 0.4) is 0 Å². The maximum atomic E-state index is 10.8. The van der Waals surface area contributed by atoms with E-state index in [4.69, 9.17) is 9.84 Å². The summed E-state index contributed by atoms with van der Waals surface area (Å²) in [5.74, 6) is 0.860. The molecule has 2 aromatic carbocycles. The van der Waals surface area contributed by atoms with Gasteiger partial charge in [0.25, 0.3) is 0 Å². The lowest BCUT2D eigenvalue weighted by Crippen LogP contribution is -1.96. The van der Waals surface area contributed by atoms with Crippen LogP contribution in [0.15, 0.2) is 46.9 Å².